The Morgan fingerprint density at radius 3 is 2.56 bits per heavy atom. The van der Waals surface area contributed by atoms with E-state index in [1.54, 1.807) is 30.0 Å². The summed E-state index contributed by atoms with van der Waals surface area (Å²) >= 11 is 13.8. The van der Waals surface area contributed by atoms with Crippen LogP contribution in [0.5, 0.6) is 5.75 Å². The zero-order valence-corrected chi connectivity index (χ0v) is 17.6. The maximum absolute atomic E-state index is 6.14. The van der Waals surface area contributed by atoms with Crippen molar-refractivity contribution >= 4 is 35.0 Å². The number of rotatable bonds is 8. The molecule has 0 spiro atoms. The number of hydrogen-bond donors (Lipinski definition) is 0. The zero-order valence-electron chi connectivity index (χ0n) is 15.2. The SMILES string of the molecule is CC(C)Sc1nnc(CCCOc2ccc(Cl)cc2Cl)n1-c1ccccc1. The maximum Gasteiger partial charge on any atom is 0.196 e. The van der Waals surface area contributed by atoms with E-state index in [0.29, 0.717) is 27.7 Å². The first kappa shape index (κ1) is 20.1. The van der Waals surface area contributed by atoms with E-state index in [1.807, 2.05) is 18.2 Å². The van der Waals surface area contributed by atoms with Crippen molar-refractivity contribution in [2.24, 2.45) is 0 Å². The fourth-order valence-electron chi connectivity index (χ4n) is 2.59. The molecule has 3 aromatic rings. The summed E-state index contributed by atoms with van der Waals surface area (Å²) in [5, 5.41) is 11.3. The molecule has 0 N–H and O–H groups in total. The first-order valence-electron chi connectivity index (χ1n) is 8.79. The van der Waals surface area contributed by atoms with Crippen LogP contribution in [0.15, 0.2) is 53.7 Å². The fourth-order valence-corrected chi connectivity index (χ4v) is 3.88. The van der Waals surface area contributed by atoms with Crippen LogP contribution in [-0.2, 0) is 6.42 Å². The van der Waals surface area contributed by atoms with Crippen molar-refractivity contribution in [3.63, 3.8) is 0 Å². The maximum atomic E-state index is 6.14. The van der Waals surface area contributed by atoms with E-state index in [2.05, 4.69) is 40.7 Å². The minimum absolute atomic E-state index is 0.430. The van der Waals surface area contributed by atoms with Crippen LogP contribution in [0.25, 0.3) is 5.69 Å². The number of para-hydroxylation sites is 1. The summed E-state index contributed by atoms with van der Waals surface area (Å²) < 4.78 is 7.90. The van der Waals surface area contributed by atoms with Crippen molar-refractivity contribution < 1.29 is 4.74 Å². The molecule has 0 amide bonds. The van der Waals surface area contributed by atoms with Crippen molar-refractivity contribution in [2.75, 3.05) is 6.61 Å². The molecule has 0 unspecified atom stereocenters. The molecule has 27 heavy (non-hydrogen) atoms. The first-order valence-corrected chi connectivity index (χ1v) is 10.4. The monoisotopic (exact) mass is 421 g/mol. The number of nitrogens with zero attached hydrogens (tertiary/aromatic N) is 3. The Kier molecular flexibility index (Phi) is 7.05. The molecule has 0 aliphatic heterocycles. The Bertz CT molecular complexity index is 884. The molecule has 1 heterocycles. The highest BCUT2D eigenvalue weighted by molar-refractivity contribution is 7.99. The number of benzene rings is 2. The van der Waals surface area contributed by atoms with E-state index in [1.165, 1.54) is 0 Å². The molecule has 7 heteroatoms. The lowest BCUT2D eigenvalue weighted by atomic mass is 10.2. The van der Waals surface area contributed by atoms with Gasteiger partial charge >= 0.3 is 0 Å². The van der Waals surface area contributed by atoms with Crippen LogP contribution in [0.3, 0.4) is 0 Å². The molecular formula is C20H21Cl2N3OS. The van der Waals surface area contributed by atoms with Gasteiger partial charge in [0.2, 0.25) is 0 Å². The summed E-state index contributed by atoms with van der Waals surface area (Å²) in [6.45, 7) is 4.84. The predicted molar refractivity (Wildman–Crippen MR) is 113 cm³/mol. The van der Waals surface area contributed by atoms with E-state index in [4.69, 9.17) is 27.9 Å². The van der Waals surface area contributed by atoms with Gasteiger partial charge in [-0.15, -0.1) is 10.2 Å². The summed E-state index contributed by atoms with van der Waals surface area (Å²) in [5.41, 5.74) is 1.07. The second-order valence-electron chi connectivity index (χ2n) is 6.26. The molecule has 0 atom stereocenters. The second kappa shape index (κ2) is 9.49. The van der Waals surface area contributed by atoms with Crippen molar-refractivity contribution in [2.45, 2.75) is 37.1 Å². The molecule has 142 valence electrons. The summed E-state index contributed by atoms with van der Waals surface area (Å²) in [6, 6.07) is 15.4. The van der Waals surface area contributed by atoms with Crippen LogP contribution in [-0.4, -0.2) is 26.6 Å². The van der Waals surface area contributed by atoms with Crippen LogP contribution in [0, 0.1) is 0 Å². The van der Waals surface area contributed by atoms with Crippen molar-refractivity contribution in [1.29, 1.82) is 0 Å². The summed E-state index contributed by atoms with van der Waals surface area (Å²) in [5.74, 6) is 1.57. The largest absolute Gasteiger partial charge is 0.492 e. The third kappa shape index (κ3) is 5.41. The number of thioether (sulfide) groups is 1. The summed E-state index contributed by atoms with van der Waals surface area (Å²) in [7, 11) is 0. The molecule has 4 nitrogen and oxygen atoms in total. The Morgan fingerprint density at radius 1 is 1.07 bits per heavy atom. The Hall–Kier alpha value is -1.69. The van der Waals surface area contributed by atoms with E-state index in [0.717, 1.165) is 29.5 Å². The van der Waals surface area contributed by atoms with Gasteiger partial charge in [0.1, 0.15) is 11.6 Å². The average Bonchev–Trinajstić information content (AvgIpc) is 3.02. The third-order valence-corrected chi connectivity index (χ3v) is 5.23. The first-order chi connectivity index (χ1) is 13.0. The lowest BCUT2D eigenvalue weighted by Crippen LogP contribution is -2.06. The predicted octanol–water partition coefficient (Wildman–Crippen LogP) is 6.09. The molecule has 0 aliphatic rings. The number of hydrogen-bond acceptors (Lipinski definition) is 4. The van der Waals surface area contributed by atoms with Crippen LogP contribution in [0.1, 0.15) is 26.1 Å². The lowest BCUT2D eigenvalue weighted by Gasteiger charge is -2.12. The van der Waals surface area contributed by atoms with E-state index < -0.39 is 0 Å². The molecule has 3 rings (SSSR count). The average molecular weight is 422 g/mol. The Balaban J connectivity index is 1.68. The number of aryl methyl sites for hydroxylation is 1. The standard InChI is InChI=1S/C20H21Cl2N3OS/c1-14(2)27-20-24-23-19(25(20)16-7-4-3-5-8-16)9-6-12-26-18-11-10-15(21)13-17(18)22/h3-5,7-8,10-11,13-14H,6,9,12H2,1-2H3. The molecule has 1 aromatic heterocycles. The van der Waals surface area contributed by atoms with Crippen LogP contribution in [0.2, 0.25) is 10.0 Å². The van der Waals surface area contributed by atoms with Gasteiger partial charge < -0.3 is 4.74 Å². The lowest BCUT2D eigenvalue weighted by molar-refractivity contribution is 0.309. The highest BCUT2D eigenvalue weighted by Crippen LogP contribution is 2.28. The quantitative estimate of drug-likeness (QED) is 0.326. The highest BCUT2D eigenvalue weighted by atomic mass is 35.5. The minimum Gasteiger partial charge on any atom is -0.492 e. The van der Waals surface area contributed by atoms with Gasteiger partial charge in [-0.2, -0.15) is 0 Å². The van der Waals surface area contributed by atoms with Gasteiger partial charge in [-0.25, -0.2) is 0 Å². The molecule has 2 aromatic carbocycles. The van der Waals surface area contributed by atoms with Crippen LogP contribution < -0.4 is 4.74 Å². The Labute approximate surface area is 173 Å². The molecular weight excluding hydrogens is 401 g/mol. The van der Waals surface area contributed by atoms with Gasteiger partial charge in [-0.1, -0.05) is 67.0 Å². The fraction of sp³-hybridized carbons (Fsp3) is 0.300. The van der Waals surface area contributed by atoms with Gasteiger partial charge in [-0.05, 0) is 36.8 Å². The minimum atomic E-state index is 0.430. The number of halogens is 2. The normalized spacial score (nSPS) is 11.1. The molecule has 0 fully saturated rings. The van der Waals surface area contributed by atoms with Crippen LogP contribution >= 0.6 is 35.0 Å². The van der Waals surface area contributed by atoms with E-state index >= 15 is 0 Å². The second-order valence-corrected chi connectivity index (χ2v) is 8.65. The topological polar surface area (TPSA) is 39.9 Å². The van der Waals surface area contributed by atoms with Gasteiger partial charge in [0.25, 0.3) is 0 Å². The number of ether oxygens (including phenoxy) is 1. The van der Waals surface area contributed by atoms with Gasteiger partial charge in [0.15, 0.2) is 5.16 Å². The summed E-state index contributed by atoms with van der Waals surface area (Å²) in [6.07, 6.45) is 1.56. The van der Waals surface area contributed by atoms with E-state index in [-0.39, 0.29) is 0 Å². The van der Waals surface area contributed by atoms with Crippen molar-refractivity contribution in [1.82, 2.24) is 14.8 Å². The van der Waals surface area contributed by atoms with E-state index in [9.17, 15) is 0 Å². The summed E-state index contributed by atoms with van der Waals surface area (Å²) in [4.78, 5) is 0. The molecule has 0 saturated carbocycles. The highest BCUT2D eigenvalue weighted by Gasteiger charge is 2.15. The smallest absolute Gasteiger partial charge is 0.196 e. The van der Waals surface area contributed by atoms with Gasteiger partial charge in [0.05, 0.1) is 11.6 Å². The number of aromatic nitrogens is 3. The Morgan fingerprint density at radius 2 is 1.85 bits per heavy atom. The molecule has 0 bridgehead atoms. The third-order valence-electron chi connectivity index (χ3n) is 3.75. The van der Waals surface area contributed by atoms with Crippen molar-refractivity contribution in [3.05, 3.63) is 64.4 Å². The van der Waals surface area contributed by atoms with Crippen molar-refractivity contribution in [3.8, 4) is 11.4 Å². The van der Waals surface area contributed by atoms with Gasteiger partial charge in [-0.3, -0.25) is 4.57 Å². The van der Waals surface area contributed by atoms with Crippen LogP contribution in [0.4, 0.5) is 0 Å². The molecule has 0 radical (unpaired) electrons. The van der Waals surface area contributed by atoms with Gasteiger partial charge in [0, 0.05) is 22.4 Å². The molecule has 0 saturated heterocycles. The molecule has 0 aliphatic carbocycles. The zero-order chi connectivity index (χ0) is 19.2.